The summed E-state index contributed by atoms with van der Waals surface area (Å²) in [5, 5.41) is 0. The van der Waals surface area contributed by atoms with E-state index in [0.29, 0.717) is 6.42 Å². The van der Waals surface area contributed by atoms with E-state index in [4.69, 9.17) is 14.5 Å². The van der Waals surface area contributed by atoms with Gasteiger partial charge in [-0.15, -0.1) is 0 Å². The minimum absolute atomic E-state index is 0.274. The third-order valence-electron chi connectivity index (χ3n) is 5.86. The predicted molar refractivity (Wildman–Crippen MR) is 95.3 cm³/mol. The first-order chi connectivity index (χ1) is 13.1. The van der Waals surface area contributed by atoms with Gasteiger partial charge in [-0.05, 0) is 59.9 Å². The van der Waals surface area contributed by atoms with Crippen molar-refractivity contribution in [1.82, 2.24) is 0 Å². The van der Waals surface area contributed by atoms with Gasteiger partial charge in [0.15, 0.2) is 5.60 Å². The SMILES string of the molecule is Fc1ccc(C2=CC3OC4(CCCC4)OO[C@]3(c3ccc(F)cc3)C2)cc1. The summed E-state index contributed by atoms with van der Waals surface area (Å²) >= 11 is 0. The fourth-order valence-corrected chi connectivity index (χ4v) is 4.39. The van der Waals surface area contributed by atoms with Crippen LogP contribution in [0.1, 0.15) is 43.2 Å². The molecule has 1 spiro atoms. The van der Waals surface area contributed by atoms with Gasteiger partial charge in [0.05, 0.1) is 0 Å². The summed E-state index contributed by atoms with van der Waals surface area (Å²) < 4.78 is 33.2. The first-order valence-corrected chi connectivity index (χ1v) is 9.36. The van der Waals surface area contributed by atoms with Crippen molar-refractivity contribution in [1.29, 1.82) is 0 Å². The van der Waals surface area contributed by atoms with Gasteiger partial charge in [-0.25, -0.2) is 18.6 Å². The number of hydrogen-bond donors (Lipinski definition) is 0. The summed E-state index contributed by atoms with van der Waals surface area (Å²) in [5.74, 6) is -1.28. The Labute approximate surface area is 156 Å². The minimum atomic E-state index is -0.870. The molecule has 27 heavy (non-hydrogen) atoms. The van der Waals surface area contributed by atoms with Crippen LogP contribution < -0.4 is 0 Å². The molecule has 2 aliphatic carbocycles. The molecule has 1 unspecified atom stereocenters. The van der Waals surface area contributed by atoms with E-state index in [0.717, 1.165) is 42.4 Å². The topological polar surface area (TPSA) is 27.7 Å². The fourth-order valence-electron chi connectivity index (χ4n) is 4.39. The van der Waals surface area contributed by atoms with E-state index in [-0.39, 0.29) is 17.7 Å². The Kier molecular flexibility index (Phi) is 3.93. The molecule has 3 aliphatic rings. The van der Waals surface area contributed by atoms with Gasteiger partial charge in [0.1, 0.15) is 17.7 Å². The van der Waals surface area contributed by atoms with Crippen molar-refractivity contribution < 1.29 is 23.3 Å². The Morgan fingerprint density at radius 3 is 2.11 bits per heavy atom. The molecule has 5 heteroatoms. The number of rotatable bonds is 2. The zero-order valence-corrected chi connectivity index (χ0v) is 14.8. The third-order valence-corrected chi connectivity index (χ3v) is 5.86. The Hall–Kier alpha value is -2.08. The molecule has 2 aromatic carbocycles. The van der Waals surface area contributed by atoms with Crippen LogP contribution in [0.5, 0.6) is 0 Å². The molecule has 0 N–H and O–H groups in total. The highest BCUT2D eigenvalue weighted by Gasteiger charge is 2.57. The van der Waals surface area contributed by atoms with Gasteiger partial charge in [-0.2, -0.15) is 0 Å². The van der Waals surface area contributed by atoms with Gasteiger partial charge in [-0.3, -0.25) is 0 Å². The summed E-state index contributed by atoms with van der Waals surface area (Å²) in [6.45, 7) is 0. The molecule has 1 saturated heterocycles. The maximum Gasteiger partial charge on any atom is 0.202 e. The lowest BCUT2D eigenvalue weighted by Gasteiger charge is -2.45. The largest absolute Gasteiger partial charge is 0.336 e. The van der Waals surface area contributed by atoms with Crippen LogP contribution in [0.4, 0.5) is 8.78 Å². The highest BCUT2D eigenvalue weighted by atomic mass is 19.1. The maximum atomic E-state index is 13.5. The molecular formula is C22H20F2O3. The number of hydrogen-bond acceptors (Lipinski definition) is 3. The van der Waals surface area contributed by atoms with Gasteiger partial charge in [0.25, 0.3) is 0 Å². The van der Waals surface area contributed by atoms with Crippen molar-refractivity contribution >= 4 is 5.57 Å². The molecule has 2 fully saturated rings. The first kappa shape index (κ1) is 17.0. The van der Waals surface area contributed by atoms with E-state index in [2.05, 4.69) is 0 Å². The van der Waals surface area contributed by atoms with Crippen molar-refractivity contribution in [2.45, 2.75) is 49.6 Å². The zero-order chi connectivity index (χ0) is 18.5. The lowest BCUT2D eigenvalue weighted by molar-refractivity contribution is -0.524. The Morgan fingerprint density at radius 2 is 1.44 bits per heavy atom. The van der Waals surface area contributed by atoms with E-state index in [9.17, 15) is 8.78 Å². The average molecular weight is 370 g/mol. The number of fused-ring (bicyclic) bond motifs is 1. The minimum Gasteiger partial charge on any atom is -0.336 e. The van der Waals surface area contributed by atoms with Crippen molar-refractivity contribution in [3.8, 4) is 0 Å². The molecule has 0 bridgehead atoms. The molecule has 2 aromatic rings. The monoisotopic (exact) mass is 370 g/mol. The highest BCUT2D eigenvalue weighted by Crippen LogP contribution is 2.53. The van der Waals surface area contributed by atoms with E-state index in [1.807, 2.05) is 6.08 Å². The van der Waals surface area contributed by atoms with Crippen LogP contribution in [0.15, 0.2) is 54.6 Å². The van der Waals surface area contributed by atoms with Gasteiger partial charge < -0.3 is 4.74 Å². The van der Waals surface area contributed by atoms with Crippen molar-refractivity contribution in [2.24, 2.45) is 0 Å². The standard InChI is InChI=1S/C22H20F2O3/c23-18-7-3-15(4-8-18)16-13-20-22(14-16,17-5-9-19(24)10-6-17)27-26-21(25-20)11-1-2-12-21/h3-10,13,20H,1-2,11-12,14H2/t20?,22-/m0/s1. The molecule has 3 nitrogen and oxygen atoms in total. The van der Waals surface area contributed by atoms with Crippen molar-refractivity contribution in [3.63, 3.8) is 0 Å². The predicted octanol–water partition coefficient (Wildman–Crippen LogP) is 5.26. The van der Waals surface area contributed by atoms with Crippen LogP contribution >= 0.6 is 0 Å². The number of ether oxygens (including phenoxy) is 1. The Bertz CT molecular complexity index is 869. The van der Waals surface area contributed by atoms with Crippen molar-refractivity contribution in [3.05, 3.63) is 77.4 Å². The summed E-state index contributed by atoms with van der Waals surface area (Å²) in [6.07, 6.45) is 5.85. The van der Waals surface area contributed by atoms with Crippen LogP contribution in [0.25, 0.3) is 5.57 Å². The second-order valence-corrected chi connectivity index (χ2v) is 7.59. The van der Waals surface area contributed by atoms with Crippen LogP contribution in [0.2, 0.25) is 0 Å². The van der Waals surface area contributed by atoms with Crippen LogP contribution in [-0.4, -0.2) is 11.9 Å². The lowest BCUT2D eigenvalue weighted by atomic mass is 9.87. The van der Waals surface area contributed by atoms with E-state index in [1.54, 1.807) is 24.3 Å². The molecule has 1 heterocycles. The quantitative estimate of drug-likeness (QED) is 0.675. The Balaban J connectivity index is 1.54. The van der Waals surface area contributed by atoms with Gasteiger partial charge in [-0.1, -0.05) is 24.3 Å². The molecule has 1 aliphatic heterocycles. The number of benzene rings is 2. The summed E-state index contributed by atoms with van der Waals surface area (Å²) in [4.78, 5) is 11.9. The Morgan fingerprint density at radius 1 is 0.815 bits per heavy atom. The second kappa shape index (κ2) is 6.23. The normalized spacial score (nSPS) is 29.0. The third kappa shape index (κ3) is 2.81. The molecular weight excluding hydrogens is 350 g/mol. The van der Waals surface area contributed by atoms with E-state index >= 15 is 0 Å². The maximum absolute atomic E-state index is 13.5. The lowest BCUT2D eigenvalue weighted by Crippen LogP contribution is -2.53. The van der Waals surface area contributed by atoms with Crippen LogP contribution in [-0.2, 0) is 20.1 Å². The summed E-state index contributed by atoms with van der Waals surface area (Å²) in [5.41, 5.74) is 1.85. The fraction of sp³-hybridized carbons (Fsp3) is 0.364. The average Bonchev–Trinajstić information content (AvgIpc) is 3.28. The molecule has 0 aromatic heterocycles. The highest BCUT2D eigenvalue weighted by molar-refractivity contribution is 5.70. The second-order valence-electron chi connectivity index (χ2n) is 7.59. The number of halogens is 2. The van der Waals surface area contributed by atoms with E-state index < -0.39 is 11.4 Å². The molecule has 0 amide bonds. The van der Waals surface area contributed by atoms with Gasteiger partial charge >= 0.3 is 0 Å². The summed E-state index contributed by atoms with van der Waals surface area (Å²) in [7, 11) is 0. The van der Waals surface area contributed by atoms with Crippen molar-refractivity contribution in [2.75, 3.05) is 0 Å². The van der Waals surface area contributed by atoms with E-state index in [1.165, 1.54) is 24.3 Å². The smallest absolute Gasteiger partial charge is 0.202 e. The summed E-state index contributed by atoms with van der Waals surface area (Å²) in [6, 6.07) is 12.7. The molecule has 2 atom stereocenters. The molecule has 140 valence electrons. The van der Waals surface area contributed by atoms with Gasteiger partial charge in [0, 0.05) is 19.3 Å². The van der Waals surface area contributed by atoms with Gasteiger partial charge in [0.2, 0.25) is 5.79 Å². The van der Waals surface area contributed by atoms with Crippen LogP contribution in [0.3, 0.4) is 0 Å². The zero-order valence-electron chi connectivity index (χ0n) is 14.8. The van der Waals surface area contributed by atoms with Crippen LogP contribution in [0, 0.1) is 11.6 Å². The molecule has 0 radical (unpaired) electrons. The molecule has 5 rings (SSSR count). The molecule has 1 saturated carbocycles. The first-order valence-electron chi connectivity index (χ1n) is 9.36.